The molecule has 0 bridgehead atoms. The van der Waals surface area contributed by atoms with Crippen LogP contribution in [-0.4, -0.2) is 11.9 Å². The first-order valence-electron chi connectivity index (χ1n) is 5.63. The van der Waals surface area contributed by atoms with Gasteiger partial charge in [-0.25, -0.2) is 9.59 Å². The summed E-state index contributed by atoms with van der Waals surface area (Å²) >= 11 is 0. The summed E-state index contributed by atoms with van der Waals surface area (Å²) < 4.78 is 10.0. The minimum absolute atomic E-state index is 0.295. The number of rotatable bonds is 1. The monoisotopic (exact) mass is 246 g/mol. The van der Waals surface area contributed by atoms with E-state index in [9.17, 15) is 9.59 Å². The maximum Gasteiger partial charge on any atom is 0.346 e. The van der Waals surface area contributed by atoms with E-state index in [-0.39, 0.29) is 0 Å². The van der Waals surface area contributed by atoms with E-state index in [1.54, 1.807) is 19.9 Å². The largest absolute Gasteiger partial charge is 0.466 e. The molecule has 0 aromatic carbocycles. The van der Waals surface area contributed by atoms with Crippen molar-refractivity contribution in [2.45, 2.75) is 27.7 Å². The highest BCUT2D eigenvalue weighted by Crippen LogP contribution is 2.28. The van der Waals surface area contributed by atoms with E-state index < -0.39 is 11.9 Å². The van der Waals surface area contributed by atoms with E-state index in [0.29, 0.717) is 16.9 Å². The van der Waals surface area contributed by atoms with E-state index in [0.717, 1.165) is 16.9 Å². The van der Waals surface area contributed by atoms with Crippen LogP contribution in [0.15, 0.2) is 27.2 Å². The molecular weight excluding hydrogens is 232 g/mol. The summed E-state index contributed by atoms with van der Waals surface area (Å²) in [7, 11) is 0. The van der Waals surface area contributed by atoms with E-state index in [2.05, 4.69) is 4.74 Å². The molecule has 94 valence electrons. The molecule has 0 atom stereocenters. The van der Waals surface area contributed by atoms with Gasteiger partial charge >= 0.3 is 11.9 Å². The fraction of sp³-hybridized carbons (Fsp3) is 0.286. The Morgan fingerprint density at radius 3 is 2.33 bits per heavy atom. The Morgan fingerprint density at radius 2 is 1.83 bits per heavy atom. The molecule has 1 aromatic rings. The normalized spacial score (nSPS) is 17.6. The maximum atomic E-state index is 11.6. The summed E-state index contributed by atoms with van der Waals surface area (Å²) in [5, 5.41) is 0. The van der Waals surface area contributed by atoms with Crippen molar-refractivity contribution < 1.29 is 18.7 Å². The average Bonchev–Trinajstić information content (AvgIpc) is 2.68. The van der Waals surface area contributed by atoms with Gasteiger partial charge in [0.25, 0.3) is 0 Å². The summed E-state index contributed by atoms with van der Waals surface area (Å²) in [6, 6.07) is 1.82. The van der Waals surface area contributed by atoms with Gasteiger partial charge in [0.15, 0.2) is 0 Å². The maximum absolute atomic E-state index is 11.6. The van der Waals surface area contributed by atoms with Crippen LogP contribution in [0.1, 0.15) is 30.9 Å². The number of carbonyl (C=O) groups is 2. The number of aryl methyl sites for hydroxylation is 2. The van der Waals surface area contributed by atoms with E-state index in [1.807, 2.05) is 19.9 Å². The van der Waals surface area contributed by atoms with Crippen LogP contribution in [0.2, 0.25) is 0 Å². The van der Waals surface area contributed by atoms with Crippen molar-refractivity contribution in [3.63, 3.8) is 0 Å². The summed E-state index contributed by atoms with van der Waals surface area (Å²) in [5.41, 5.74) is 2.19. The third kappa shape index (κ3) is 2.01. The van der Waals surface area contributed by atoms with Gasteiger partial charge < -0.3 is 9.15 Å². The number of furan rings is 1. The van der Waals surface area contributed by atoms with Crippen molar-refractivity contribution in [3.05, 3.63) is 39.9 Å². The van der Waals surface area contributed by atoms with E-state index >= 15 is 0 Å². The SMILES string of the molecule is CC(C)=C1C(=O)OC(=O)/C1=C\c1cc(C)oc1C. The fourth-order valence-corrected chi connectivity index (χ4v) is 1.96. The minimum Gasteiger partial charge on any atom is -0.466 e. The Balaban J connectivity index is 2.55. The van der Waals surface area contributed by atoms with Gasteiger partial charge in [0.2, 0.25) is 0 Å². The first-order chi connectivity index (χ1) is 8.40. The molecule has 18 heavy (non-hydrogen) atoms. The highest BCUT2D eigenvalue weighted by atomic mass is 16.6. The van der Waals surface area contributed by atoms with Gasteiger partial charge in [0, 0.05) is 5.56 Å². The predicted octanol–water partition coefficient (Wildman–Crippen LogP) is 2.70. The van der Waals surface area contributed by atoms with Crippen LogP contribution < -0.4 is 0 Å². The van der Waals surface area contributed by atoms with Crippen molar-refractivity contribution in [2.75, 3.05) is 0 Å². The van der Waals surface area contributed by atoms with Crippen LogP contribution in [0, 0.1) is 13.8 Å². The van der Waals surface area contributed by atoms with Crippen molar-refractivity contribution in [1.29, 1.82) is 0 Å². The molecule has 4 nitrogen and oxygen atoms in total. The second-order valence-electron chi connectivity index (χ2n) is 4.48. The average molecular weight is 246 g/mol. The number of esters is 2. The predicted molar refractivity (Wildman–Crippen MR) is 65.6 cm³/mol. The number of hydrogen-bond donors (Lipinski definition) is 0. The van der Waals surface area contributed by atoms with Crippen LogP contribution >= 0.6 is 0 Å². The van der Waals surface area contributed by atoms with Crippen LogP contribution in [0.4, 0.5) is 0 Å². The molecule has 0 spiro atoms. The molecule has 1 aromatic heterocycles. The third-order valence-electron chi connectivity index (χ3n) is 2.76. The number of allylic oxidation sites excluding steroid dienone is 1. The Labute approximate surface area is 105 Å². The van der Waals surface area contributed by atoms with Gasteiger partial charge in [-0.05, 0) is 39.8 Å². The third-order valence-corrected chi connectivity index (χ3v) is 2.76. The molecule has 1 aliphatic heterocycles. The van der Waals surface area contributed by atoms with E-state index in [1.165, 1.54) is 0 Å². The topological polar surface area (TPSA) is 56.5 Å². The molecule has 0 amide bonds. The second-order valence-corrected chi connectivity index (χ2v) is 4.48. The van der Waals surface area contributed by atoms with Crippen molar-refractivity contribution in [1.82, 2.24) is 0 Å². The lowest BCUT2D eigenvalue weighted by molar-refractivity contribution is -0.149. The standard InChI is InChI=1S/C14H14O4/c1-7(2)12-11(13(15)18-14(12)16)6-10-5-8(3)17-9(10)4/h5-6H,1-4H3/b11-6-. The summed E-state index contributed by atoms with van der Waals surface area (Å²) in [6.07, 6.45) is 1.64. The molecule has 2 rings (SSSR count). The zero-order valence-electron chi connectivity index (χ0n) is 10.8. The van der Waals surface area contributed by atoms with Crippen molar-refractivity contribution >= 4 is 18.0 Å². The second kappa shape index (κ2) is 4.29. The summed E-state index contributed by atoms with van der Waals surface area (Å²) in [6.45, 7) is 7.19. The number of hydrogen-bond acceptors (Lipinski definition) is 4. The smallest absolute Gasteiger partial charge is 0.346 e. The van der Waals surface area contributed by atoms with Gasteiger partial charge in [-0.15, -0.1) is 0 Å². The molecule has 4 heteroatoms. The van der Waals surface area contributed by atoms with Crippen LogP contribution in [0.25, 0.3) is 6.08 Å². The van der Waals surface area contributed by atoms with Gasteiger partial charge in [-0.3, -0.25) is 0 Å². The first-order valence-corrected chi connectivity index (χ1v) is 5.63. The molecule has 1 aliphatic rings. The molecule has 0 saturated carbocycles. The molecule has 1 saturated heterocycles. The highest BCUT2D eigenvalue weighted by Gasteiger charge is 2.34. The minimum atomic E-state index is -0.602. The van der Waals surface area contributed by atoms with Crippen LogP contribution in [-0.2, 0) is 14.3 Å². The van der Waals surface area contributed by atoms with E-state index in [4.69, 9.17) is 4.42 Å². The molecular formula is C14H14O4. The van der Waals surface area contributed by atoms with Crippen molar-refractivity contribution in [3.8, 4) is 0 Å². The molecule has 2 heterocycles. The molecule has 0 aliphatic carbocycles. The molecule has 1 fully saturated rings. The van der Waals surface area contributed by atoms with Crippen molar-refractivity contribution in [2.24, 2.45) is 0 Å². The van der Waals surface area contributed by atoms with Crippen LogP contribution in [0.5, 0.6) is 0 Å². The first kappa shape index (κ1) is 12.4. The lowest BCUT2D eigenvalue weighted by atomic mass is 10.0. The number of cyclic esters (lactones) is 2. The lowest BCUT2D eigenvalue weighted by Gasteiger charge is -1.97. The Kier molecular flexibility index (Phi) is 2.95. The van der Waals surface area contributed by atoms with Gasteiger partial charge in [0.1, 0.15) is 11.5 Å². The molecule has 0 unspecified atom stereocenters. The summed E-state index contributed by atoms with van der Waals surface area (Å²) in [5.74, 6) is 0.287. The number of ether oxygens (including phenoxy) is 1. The van der Waals surface area contributed by atoms with Crippen LogP contribution in [0.3, 0.4) is 0 Å². The lowest BCUT2D eigenvalue weighted by Crippen LogP contribution is -1.97. The summed E-state index contributed by atoms with van der Waals surface area (Å²) in [4.78, 5) is 23.2. The van der Waals surface area contributed by atoms with Gasteiger partial charge in [-0.1, -0.05) is 5.57 Å². The molecule has 0 N–H and O–H groups in total. The molecule has 0 radical (unpaired) electrons. The zero-order valence-corrected chi connectivity index (χ0v) is 10.8. The number of carbonyl (C=O) groups excluding carboxylic acids is 2. The quantitative estimate of drug-likeness (QED) is 0.434. The highest BCUT2D eigenvalue weighted by molar-refractivity contribution is 6.20. The zero-order chi connectivity index (χ0) is 13.4. The Hall–Kier alpha value is -2.10. The van der Waals surface area contributed by atoms with Gasteiger partial charge in [-0.2, -0.15) is 0 Å². The Morgan fingerprint density at radius 1 is 1.17 bits per heavy atom. The fourth-order valence-electron chi connectivity index (χ4n) is 1.96. The van der Waals surface area contributed by atoms with Gasteiger partial charge in [0.05, 0.1) is 11.1 Å². The Bertz CT molecular complexity index is 595.